The van der Waals surface area contributed by atoms with Gasteiger partial charge in [0.2, 0.25) is 5.91 Å². The fourth-order valence-electron chi connectivity index (χ4n) is 0.376. The van der Waals surface area contributed by atoms with Crippen molar-refractivity contribution in [3.8, 4) is 0 Å². The first-order valence-corrected chi connectivity index (χ1v) is 3.22. The van der Waals surface area contributed by atoms with E-state index < -0.39 is 17.8 Å². The van der Waals surface area contributed by atoms with E-state index in [-0.39, 0.29) is 0 Å². The summed E-state index contributed by atoms with van der Waals surface area (Å²) in [5.74, 6) is -0.989. The summed E-state index contributed by atoms with van der Waals surface area (Å²) in [6.45, 7) is 6.28. The topological polar surface area (TPSA) is 66.4 Å². The average molecular weight is 168 g/mol. The number of aliphatic hydroxyl groups is 1. The molecule has 0 saturated heterocycles. The number of amides is 1. The zero-order valence-electron chi connectivity index (χ0n) is 6.49. The van der Waals surface area contributed by atoms with Crippen molar-refractivity contribution in [2.24, 2.45) is 0 Å². The third-order valence-corrected chi connectivity index (χ3v) is 0.987. The van der Waals surface area contributed by atoms with Gasteiger partial charge >= 0.3 is 0 Å². The second-order valence-corrected chi connectivity index (χ2v) is 1.96. The van der Waals surface area contributed by atoms with Crippen LogP contribution in [0.2, 0.25) is 0 Å². The fourth-order valence-corrected chi connectivity index (χ4v) is 0.376. The van der Waals surface area contributed by atoms with Crippen LogP contribution >= 0.6 is 0 Å². The smallest absolute Gasteiger partial charge is 0.247 e. The van der Waals surface area contributed by atoms with Crippen molar-refractivity contribution >= 4 is 11.7 Å². The number of hydrogen-bond donors (Lipinski definition) is 2. The molecule has 0 heterocycles. The molecule has 0 aromatic rings. The van der Waals surface area contributed by atoms with Crippen molar-refractivity contribution < 1.29 is 14.7 Å². The fraction of sp³-hybridized carbons (Fsp3) is 0.125. The molecule has 0 spiro atoms. The van der Waals surface area contributed by atoms with E-state index in [0.717, 1.165) is 18.4 Å². The Hall–Kier alpha value is -1.42. The van der Waals surface area contributed by atoms with Crippen LogP contribution in [-0.2, 0) is 9.59 Å². The van der Waals surface area contributed by atoms with Crippen molar-refractivity contribution in [2.75, 3.05) is 0 Å². The minimum atomic E-state index is -1.29. The van der Waals surface area contributed by atoms with Gasteiger partial charge in [0.25, 0.3) is 0 Å². The molecule has 0 fully saturated rings. The van der Waals surface area contributed by atoms with Gasteiger partial charge in [-0.1, -0.05) is 6.58 Å². The predicted octanol–water partition coefficient (Wildman–Crippen LogP) is -0.434. The normalized spacial score (nSPS) is 12.5. The van der Waals surface area contributed by atoms with Gasteiger partial charge in [0, 0.05) is 6.20 Å². The number of carbonyl (C=O) groups is 2. The SMILES string of the molecule is [CH2]C(O)C(=O)C=CNC(=O)C=C. The van der Waals surface area contributed by atoms with Crippen molar-refractivity contribution in [1.29, 1.82) is 0 Å². The highest BCUT2D eigenvalue weighted by Crippen LogP contribution is 1.83. The van der Waals surface area contributed by atoms with Crippen LogP contribution in [0.25, 0.3) is 0 Å². The van der Waals surface area contributed by atoms with Crippen LogP contribution in [0.1, 0.15) is 0 Å². The van der Waals surface area contributed by atoms with Crippen molar-refractivity contribution in [1.82, 2.24) is 5.32 Å². The second kappa shape index (κ2) is 5.26. The number of ketones is 1. The summed E-state index contributed by atoms with van der Waals surface area (Å²) in [5, 5.41) is 10.8. The molecule has 65 valence electrons. The monoisotopic (exact) mass is 168 g/mol. The minimum absolute atomic E-state index is 0.419. The minimum Gasteiger partial charge on any atom is -0.385 e. The lowest BCUT2D eigenvalue weighted by molar-refractivity contribution is -0.120. The molecule has 0 bridgehead atoms. The number of aliphatic hydroxyl groups excluding tert-OH is 1. The lowest BCUT2D eigenvalue weighted by Crippen LogP contribution is -2.17. The van der Waals surface area contributed by atoms with Gasteiger partial charge in [-0.2, -0.15) is 0 Å². The number of carbonyl (C=O) groups excluding carboxylic acids is 2. The van der Waals surface area contributed by atoms with Crippen LogP contribution in [0.4, 0.5) is 0 Å². The molecule has 1 amide bonds. The van der Waals surface area contributed by atoms with Gasteiger partial charge in [-0.25, -0.2) is 0 Å². The molecule has 12 heavy (non-hydrogen) atoms. The molecule has 4 nitrogen and oxygen atoms in total. The molecule has 0 aliphatic rings. The zero-order chi connectivity index (χ0) is 9.56. The summed E-state index contributed by atoms with van der Waals surface area (Å²) < 4.78 is 0. The van der Waals surface area contributed by atoms with Crippen LogP contribution < -0.4 is 5.32 Å². The highest BCUT2D eigenvalue weighted by molar-refractivity contribution is 5.94. The molecule has 0 aromatic heterocycles. The van der Waals surface area contributed by atoms with Gasteiger partial charge in [-0.15, -0.1) is 0 Å². The van der Waals surface area contributed by atoms with Crippen molar-refractivity contribution in [3.05, 3.63) is 31.9 Å². The summed E-state index contributed by atoms with van der Waals surface area (Å²) in [6, 6.07) is 0. The van der Waals surface area contributed by atoms with Gasteiger partial charge in [0.05, 0.1) is 0 Å². The Morgan fingerprint density at radius 3 is 2.50 bits per heavy atom. The van der Waals surface area contributed by atoms with Crippen LogP contribution in [0.15, 0.2) is 24.9 Å². The molecule has 4 heteroatoms. The molecule has 2 N–H and O–H groups in total. The Labute approximate surface area is 70.6 Å². The molecule has 0 rings (SSSR count). The maximum Gasteiger partial charge on any atom is 0.247 e. The Kier molecular flexibility index (Phi) is 4.64. The van der Waals surface area contributed by atoms with E-state index in [4.69, 9.17) is 5.11 Å². The summed E-state index contributed by atoms with van der Waals surface area (Å²) in [7, 11) is 0. The molecule has 1 atom stereocenters. The Bertz CT molecular complexity index is 218. The van der Waals surface area contributed by atoms with E-state index in [1.807, 2.05) is 0 Å². The van der Waals surface area contributed by atoms with E-state index >= 15 is 0 Å². The van der Waals surface area contributed by atoms with Gasteiger partial charge < -0.3 is 10.4 Å². The third-order valence-electron chi connectivity index (χ3n) is 0.987. The van der Waals surface area contributed by atoms with E-state index in [1.54, 1.807) is 0 Å². The van der Waals surface area contributed by atoms with Gasteiger partial charge in [0.1, 0.15) is 6.10 Å². The lowest BCUT2D eigenvalue weighted by atomic mass is 10.2. The average Bonchev–Trinajstić information content (AvgIpc) is 2.03. The standard InChI is InChI=1S/C8H10NO3/c1-3-8(12)9-5-4-7(11)6(2)10/h3-6,10H,1-2H2,(H,9,12). The van der Waals surface area contributed by atoms with E-state index in [9.17, 15) is 9.59 Å². The third kappa shape index (κ3) is 4.40. The first-order chi connectivity index (χ1) is 5.57. The molecule has 0 aliphatic carbocycles. The molecule has 0 saturated carbocycles. The zero-order valence-corrected chi connectivity index (χ0v) is 6.49. The maximum absolute atomic E-state index is 10.6. The Morgan fingerprint density at radius 2 is 2.08 bits per heavy atom. The highest BCUT2D eigenvalue weighted by atomic mass is 16.3. The summed E-state index contributed by atoms with van der Waals surface area (Å²) in [5.41, 5.74) is 0. The molecular weight excluding hydrogens is 158 g/mol. The maximum atomic E-state index is 10.6. The van der Waals surface area contributed by atoms with E-state index in [2.05, 4.69) is 18.8 Å². The lowest BCUT2D eigenvalue weighted by Gasteiger charge is -1.95. The number of rotatable bonds is 4. The van der Waals surface area contributed by atoms with Gasteiger partial charge in [0.15, 0.2) is 5.78 Å². The molecule has 1 radical (unpaired) electrons. The predicted molar refractivity (Wildman–Crippen MR) is 43.9 cm³/mol. The van der Waals surface area contributed by atoms with Crippen molar-refractivity contribution in [2.45, 2.75) is 6.10 Å². The van der Waals surface area contributed by atoms with Gasteiger partial charge in [-0.05, 0) is 19.1 Å². The number of nitrogens with one attached hydrogen (secondary N) is 1. The summed E-state index contributed by atoms with van der Waals surface area (Å²) in [4.78, 5) is 21.1. The summed E-state index contributed by atoms with van der Waals surface area (Å²) in [6.07, 6.45) is 1.93. The van der Waals surface area contributed by atoms with Crippen LogP contribution in [-0.4, -0.2) is 22.9 Å². The molecule has 0 aromatic carbocycles. The quantitative estimate of drug-likeness (QED) is 0.559. The van der Waals surface area contributed by atoms with Gasteiger partial charge in [-0.3, -0.25) is 9.59 Å². The molecular formula is C8H10NO3. The van der Waals surface area contributed by atoms with Crippen LogP contribution in [0.3, 0.4) is 0 Å². The first-order valence-electron chi connectivity index (χ1n) is 3.22. The first kappa shape index (κ1) is 10.6. The van der Waals surface area contributed by atoms with Crippen LogP contribution in [0.5, 0.6) is 0 Å². The largest absolute Gasteiger partial charge is 0.385 e. The second-order valence-electron chi connectivity index (χ2n) is 1.96. The van der Waals surface area contributed by atoms with Crippen LogP contribution in [0, 0.1) is 6.92 Å². The summed E-state index contributed by atoms with van der Waals surface area (Å²) >= 11 is 0. The van der Waals surface area contributed by atoms with Crippen molar-refractivity contribution in [3.63, 3.8) is 0 Å². The van der Waals surface area contributed by atoms with E-state index in [1.165, 1.54) is 0 Å². The Balaban J connectivity index is 3.84. The Morgan fingerprint density at radius 1 is 1.50 bits per heavy atom. The molecule has 0 aliphatic heterocycles. The molecule has 1 unspecified atom stereocenters. The highest BCUT2D eigenvalue weighted by Gasteiger charge is 2.02. The van der Waals surface area contributed by atoms with E-state index in [0.29, 0.717) is 0 Å². The number of hydrogen-bond acceptors (Lipinski definition) is 3.